The predicted molar refractivity (Wildman–Crippen MR) is 142 cm³/mol. The second kappa shape index (κ2) is 9.79. The van der Waals surface area contributed by atoms with Gasteiger partial charge >= 0.3 is 11.8 Å². The first-order valence-corrected chi connectivity index (χ1v) is 13.5. The number of halogens is 3. The Labute approximate surface area is 222 Å². The van der Waals surface area contributed by atoms with Crippen LogP contribution in [0.25, 0.3) is 22.0 Å². The van der Waals surface area contributed by atoms with Crippen LogP contribution in [-0.4, -0.2) is 58.1 Å². The van der Waals surface area contributed by atoms with Crippen molar-refractivity contribution in [3.8, 4) is 11.1 Å². The third kappa shape index (κ3) is 5.01. The molecule has 0 N–H and O–H groups in total. The summed E-state index contributed by atoms with van der Waals surface area (Å²) in [6, 6.07) is 5.12. The van der Waals surface area contributed by atoms with Crippen molar-refractivity contribution in [3.05, 3.63) is 51.4 Å². The first-order valence-electron chi connectivity index (χ1n) is 12.1. The van der Waals surface area contributed by atoms with E-state index in [1.165, 1.54) is 23.9 Å². The molecule has 7 nitrogen and oxygen atoms in total. The molecule has 196 valence electrons. The summed E-state index contributed by atoms with van der Waals surface area (Å²) in [5.74, 6) is -0.206. The number of aromatic nitrogens is 2. The number of aryl methyl sites for hydroxylation is 1. The average molecular weight is 549 g/mol. The fraction of sp³-hybridized carbons (Fsp3) is 0.423. The molecule has 0 atom stereocenters. The van der Waals surface area contributed by atoms with E-state index < -0.39 is 22.9 Å². The van der Waals surface area contributed by atoms with Crippen LogP contribution >= 0.6 is 23.4 Å². The number of ether oxygens (including phenoxy) is 1. The van der Waals surface area contributed by atoms with E-state index >= 15 is 0 Å². The van der Waals surface area contributed by atoms with Gasteiger partial charge in [-0.15, -0.1) is 11.8 Å². The summed E-state index contributed by atoms with van der Waals surface area (Å²) < 4.78 is 35.6. The van der Waals surface area contributed by atoms with Gasteiger partial charge < -0.3 is 14.5 Å². The van der Waals surface area contributed by atoms with Gasteiger partial charge in [0.05, 0.1) is 10.5 Å². The lowest BCUT2D eigenvalue weighted by Gasteiger charge is -2.36. The Morgan fingerprint density at radius 3 is 2.51 bits per heavy atom. The Kier molecular flexibility index (Phi) is 6.83. The minimum Gasteiger partial charge on any atom is -0.444 e. The minimum absolute atomic E-state index is 0.182. The topological polar surface area (TPSA) is 67.7 Å². The molecule has 3 heterocycles. The smallest absolute Gasteiger partial charge is 0.410 e. The Hall–Kier alpha value is -2.85. The summed E-state index contributed by atoms with van der Waals surface area (Å²) in [6.45, 7) is 7.68. The van der Waals surface area contributed by atoms with Crippen molar-refractivity contribution in [1.29, 1.82) is 0 Å². The monoisotopic (exact) mass is 548 g/mol. The number of rotatable bonds is 2. The molecule has 0 saturated carbocycles. The summed E-state index contributed by atoms with van der Waals surface area (Å²) in [5.41, 5.74) is 0.290. The molecular formula is C26H27ClF2N4O3S. The molecule has 0 bridgehead atoms. The maximum absolute atomic E-state index is 14.9. The highest BCUT2D eigenvalue weighted by Crippen LogP contribution is 2.45. The van der Waals surface area contributed by atoms with Gasteiger partial charge in [0.25, 0.3) is 0 Å². The second-order valence-electron chi connectivity index (χ2n) is 10.1. The van der Waals surface area contributed by atoms with Gasteiger partial charge in [0.1, 0.15) is 23.1 Å². The van der Waals surface area contributed by atoms with E-state index in [9.17, 15) is 18.4 Å². The van der Waals surface area contributed by atoms with Gasteiger partial charge in [0.15, 0.2) is 0 Å². The predicted octanol–water partition coefficient (Wildman–Crippen LogP) is 5.55. The highest BCUT2D eigenvalue weighted by molar-refractivity contribution is 7.99. The van der Waals surface area contributed by atoms with E-state index in [4.69, 9.17) is 16.3 Å². The zero-order chi connectivity index (χ0) is 26.5. The van der Waals surface area contributed by atoms with Gasteiger partial charge in [-0.25, -0.2) is 18.4 Å². The van der Waals surface area contributed by atoms with Gasteiger partial charge in [0.2, 0.25) is 0 Å². The Balaban J connectivity index is 1.59. The van der Waals surface area contributed by atoms with Gasteiger partial charge in [-0.05, 0) is 51.1 Å². The average Bonchev–Trinajstić information content (AvgIpc) is 3.05. The van der Waals surface area contributed by atoms with Crippen LogP contribution in [0.5, 0.6) is 0 Å². The van der Waals surface area contributed by atoms with Crippen molar-refractivity contribution >= 4 is 46.2 Å². The first kappa shape index (κ1) is 25.8. The molecule has 1 amide bonds. The lowest BCUT2D eigenvalue weighted by Crippen LogP contribution is -2.50. The van der Waals surface area contributed by atoms with Crippen LogP contribution in [0.1, 0.15) is 27.2 Å². The highest BCUT2D eigenvalue weighted by atomic mass is 35.5. The lowest BCUT2D eigenvalue weighted by molar-refractivity contribution is 0.0240. The van der Waals surface area contributed by atoms with Gasteiger partial charge in [-0.2, -0.15) is 4.98 Å². The zero-order valence-electron chi connectivity index (χ0n) is 20.8. The molecule has 1 saturated heterocycles. The van der Waals surface area contributed by atoms with Gasteiger partial charge in [-0.1, -0.05) is 11.6 Å². The molecule has 1 fully saturated rings. The van der Waals surface area contributed by atoms with E-state index in [1.54, 1.807) is 15.5 Å². The molecule has 2 aliphatic heterocycles. The number of hydrogen-bond acceptors (Lipinski definition) is 6. The van der Waals surface area contributed by atoms with Crippen LogP contribution in [-0.2, 0) is 11.3 Å². The molecule has 37 heavy (non-hydrogen) atoms. The number of amides is 1. The van der Waals surface area contributed by atoms with Crippen molar-refractivity contribution in [3.63, 3.8) is 0 Å². The van der Waals surface area contributed by atoms with E-state index in [0.717, 1.165) is 12.5 Å². The molecule has 1 aromatic heterocycles. The number of carbonyl (C=O) groups is 1. The van der Waals surface area contributed by atoms with E-state index in [1.807, 2.05) is 25.7 Å². The molecule has 0 unspecified atom stereocenters. The van der Waals surface area contributed by atoms with E-state index in [-0.39, 0.29) is 11.7 Å². The van der Waals surface area contributed by atoms with Crippen molar-refractivity contribution < 1.29 is 18.3 Å². The van der Waals surface area contributed by atoms with Crippen LogP contribution in [0.3, 0.4) is 0 Å². The molecule has 5 rings (SSSR count). The number of anilines is 1. The van der Waals surface area contributed by atoms with Crippen molar-refractivity contribution in [2.45, 2.75) is 44.2 Å². The highest BCUT2D eigenvalue weighted by Gasteiger charge is 2.30. The minimum atomic E-state index is -0.719. The number of nitrogens with zero attached hydrogens (tertiary/aromatic N) is 4. The molecular weight excluding hydrogens is 522 g/mol. The van der Waals surface area contributed by atoms with E-state index in [0.29, 0.717) is 70.7 Å². The van der Waals surface area contributed by atoms with E-state index in [2.05, 4.69) is 4.98 Å². The van der Waals surface area contributed by atoms with Crippen LogP contribution in [0.2, 0.25) is 5.02 Å². The van der Waals surface area contributed by atoms with Gasteiger partial charge in [0, 0.05) is 60.2 Å². The summed E-state index contributed by atoms with van der Waals surface area (Å²) in [6.07, 6.45) is 0.353. The maximum Gasteiger partial charge on any atom is 0.410 e. The molecule has 2 aliphatic rings. The molecule has 11 heteroatoms. The molecule has 0 radical (unpaired) electrons. The fourth-order valence-electron chi connectivity index (χ4n) is 4.72. The summed E-state index contributed by atoms with van der Waals surface area (Å²) >= 11 is 8.27. The Bertz CT molecular complexity index is 1450. The number of piperazine rings is 1. The normalized spacial score (nSPS) is 16.2. The first-order chi connectivity index (χ1) is 17.5. The Morgan fingerprint density at radius 2 is 1.84 bits per heavy atom. The standard InChI is InChI=1S/C26H27ClF2N4O3S/c1-26(2,3)36-25(35)32-10-8-31(9-11-32)23-17-14-18(27)20(16-6-5-15(28)13-19(16)29)22-21(17)33(24(34)30-23)7-4-12-37-22/h5-6,13-14H,4,7-12H2,1-3H3. The number of thioether (sulfide) groups is 1. The third-order valence-electron chi connectivity index (χ3n) is 6.35. The maximum atomic E-state index is 14.9. The lowest BCUT2D eigenvalue weighted by atomic mass is 10.0. The number of benzene rings is 2. The fourth-order valence-corrected chi connectivity index (χ4v) is 6.28. The number of carbonyl (C=O) groups excluding carboxylic acids is 1. The number of hydrogen-bond donors (Lipinski definition) is 0. The van der Waals surface area contributed by atoms with Crippen LogP contribution in [0.4, 0.5) is 19.4 Å². The van der Waals surface area contributed by atoms with Crippen LogP contribution in [0.15, 0.2) is 34.0 Å². The molecule has 0 spiro atoms. The third-order valence-corrected chi connectivity index (χ3v) is 7.83. The zero-order valence-corrected chi connectivity index (χ0v) is 22.4. The quantitative estimate of drug-likeness (QED) is 0.418. The molecule has 3 aromatic rings. The SMILES string of the molecule is CC(C)(C)OC(=O)N1CCN(c2nc(=O)n3c4c(c(-c5ccc(F)cc5F)c(Cl)cc24)SCCC3)CC1. The molecule has 2 aromatic carbocycles. The largest absolute Gasteiger partial charge is 0.444 e. The van der Waals surface area contributed by atoms with Crippen LogP contribution < -0.4 is 10.6 Å². The summed E-state index contributed by atoms with van der Waals surface area (Å²) in [4.78, 5) is 34.4. The van der Waals surface area contributed by atoms with Crippen molar-refractivity contribution in [2.24, 2.45) is 0 Å². The Morgan fingerprint density at radius 1 is 1.11 bits per heavy atom. The second-order valence-corrected chi connectivity index (χ2v) is 11.6. The van der Waals surface area contributed by atoms with Crippen molar-refractivity contribution in [2.75, 3.05) is 36.8 Å². The van der Waals surface area contributed by atoms with Crippen LogP contribution in [0, 0.1) is 11.6 Å². The van der Waals surface area contributed by atoms with Gasteiger partial charge in [-0.3, -0.25) is 4.57 Å². The summed E-state index contributed by atoms with van der Waals surface area (Å²) in [5, 5.41) is 0.981. The van der Waals surface area contributed by atoms with Crippen molar-refractivity contribution in [1.82, 2.24) is 14.5 Å². The summed E-state index contributed by atoms with van der Waals surface area (Å²) in [7, 11) is 0. The molecule has 0 aliphatic carbocycles.